The van der Waals surface area contributed by atoms with Crippen LogP contribution in [-0.2, 0) is 0 Å². The van der Waals surface area contributed by atoms with Gasteiger partial charge in [-0.05, 0) is 6.42 Å². The molecule has 0 aromatic carbocycles. The van der Waals surface area contributed by atoms with Gasteiger partial charge in [-0.25, -0.2) is 0 Å². The van der Waals surface area contributed by atoms with Gasteiger partial charge in [0.1, 0.15) is 9.75 Å². The summed E-state index contributed by atoms with van der Waals surface area (Å²) in [4.78, 5) is -2.50. The van der Waals surface area contributed by atoms with Crippen LogP contribution in [0, 0.1) is 5.92 Å². The van der Waals surface area contributed by atoms with E-state index in [9.17, 15) is 5.11 Å². The van der Waals surface area contributed by atoms with Crippen LogP contribution in [0.15, 0.2) is 10.1 Å². The molecular weight excluding hydrogens is 325 g/mol. The molecule has 0 aromatic heterocycles. The van der Waals surface area contributed by atoms with Crippen LogP contribution < -0.4 is 0 Å². The molecule has 0 heterocycles. The average molecular weight is 331 g/mol. The van der Waals surface area contributed by atoms with Crippen LogP contribution in [0.5, 0.6) is 0 Å². The third-order valence-electron chi connectivity index (χ3n) is 3.13. The largest absolute Gasteiger partial charge is 0.396 e. The first-order valence-electron chi connectivity index (χ1n) is 4.16. The summed E-state index contributed by atoms with van der Waals surface area (Å²) in [5, 5.41) is 9.53. The Kier molecular flexibility index (Phi) is 2.98. The number of fused-ring (bicyclic) bond motifs is 2. The van der Waals surface area contributed by atoms with Crippen LogP contribution in [-0.4, -0.2) is 25.8 Å². The molecule has 0 aromatic rings. The number of allylic oxidation sites excluding steroid dienone is 2. The van der Waals surface area contributed by atoms with Gasteiger partial charge in [0.05, 0.1) is 10.1 Å². The van der Waals surface area contributed by atoms with E-state index in [1.54, 1.807) is 0 Å². The zero-order valence-electron chi connectivity index (χ0n) is 7.21. The van der Waals surface area contributed by atoms with Gasteiger partial charge < -0.3 is 5.11 Å². The van der Waals surface area contributed by atoms with E-state index < -0.39 is 20.0 Å². The molecule has 0 spiro atoms. The summed E-state index contributed by atoms with van der Waals surface area (Å²) in [7, 11) is 0. The Morgan fingerprint density at radius 3 is 2.00 bits per heavy atom. The van der Waals surface area contributed by atoms with Crippen LogP contribution in [0.25, 0.3) is 0 Å². The maximum atomic E-state index is 9.22. The summed E-state index contributed by atoms with van der Waals surface area (Å²) < 4.78 is -1.51. The fourth-order valence-electron chi connectivity index (χ4n) is 2.22. The van der Waals surface area contributed by atoms with Gasteiger partial charge in [0.25, 0.3) is 0 Å². The zero-order valence-corrected chi connectivity index (χ0v) is 11.7. The number of aliphatic hydroxyl groups excluding tert-OH is 1. The molecule has 3 atom stereocenters. The van der Waals surface area contributed by atoms with Gasteiger partial charge in [-0.1, -0.05) is 46.4 Å². The molecule has 86 valence electrons. The Balaban J connectivity index is 2.65. The standard InChI is InChI=1S/C8H6Cl6O/c9-4-5(10)7(12)3(2-15)1-6(4,11)8(7,13)14/h3,15H,1-2H2. The maximum absolute atomic E-state index is 9.22. The van der Waals surface area contributed by atoms with Crippen molar-refractivity contribution < 1.29 is 5.11 Å². The van der Waals surface area contributed by atoms with Crippen molar-refractivity contribution in [3.8, 4) is 0 Å². The lowest BCUT2D eigenvalue weighted by atomic mass is 9.93. The lowest BCUT2D eigenvalue weighted by Crippen LogP contribution is -2.44. The molecule has 1 fully saturated rings. The molecule has 7 heteroatoms. The number of aliphatic hydroxyl groups is 1. The van der Waals surface area contributed by atoms with Crippen LogP contribution in [0.3, 0.4) is 0 Å². The monoisotopic (exact) mass is 328 g/mol. The highest BCUT2D eigenvalue weighted by molar-refractivity contribution is 6.65. The fraction of sp³-hybridized carbons (Fsp3) is 0.750. The van der Waals surface area contributed by atoms with Crippen LogP contribution in [0.4, 0.5) is 0 Å². The average Bonchev–Trinajstić information content (AvgIpc) is 2.39. The minimum Gasteiger partial charge on any atom is -0.396 e. The van der Waals surface area contributed by atoms with Gasteiger partial charge in [0.2, 0.25) is 0 Å². The summed E-state index contributed by atoms with van der Waals surface area (Å²) >= 11 is 36.9. The highest BCUT2D eigenvalue weighted by Crippen LogP contribution is 2.74. The smallest absolute Gasteiger partial charge is 0.166 e. The molecule has 2 bridgehead atoms. The van der Waals surface area contributed by atoms with E-state index in [0.29, 0.717) is 6.42 Å². The summed E-state index contributed by atoms with van der Waals surface area (Å²) in [5.41, 5.74) is 0. The number of hydrogen-bond donors (Lipinski definition) is 1. The van der Waals surface area contributed by atoms with Gasteiger partial charge in [-0.3, -0.25) is 0 Å². The Hall–Kier alpha value is 1.44. The molecule has 1 N–H and O–H groups in total. The van der Waals surface area contributed by atoms with Crippen molar-refractivity contribution in [3.63, 3.8) is 0 Å². The van der Waals surface area contributed by atoms with E-state index in [0.717, 1.165) is 0 Å². The molecule has 1 nitrogen and oxygen atoms in total. The fourth-order valence-corrected chi connectivity index (χ4v) is 5.06. The van der Waals surface area contributed by atoms with Crippen molar-refractivity contribution >= 4 is 69.6 Å². The third kappa shape index (κ3) is 1.19. The number of hydrogen-bond acceptors (Lipinski definition) is 1. The Morgan fingerprint density at radius 1 is 1.13 bits per heavy atom. The number of alkyl halides is 4. The molecular formula is C8H6Cl6O. The van der Waals surface area contributed by atoms with Crippen molar-refractivity contribution in [1.82, 2.24) is 0 Å². The van der Waals surface area contributed by atoms with Crippen LogP contribution in [0.2, 0.25) is 0 Å². The second-order valence-electron chi connectivity index (χ2n) is 3.80. The van der Waals surface area contributed by atoms with Crippen molar-refractivity contribution in [2.45, 2.75) is 20.5 Å². The maximum Gasteiger partial charge on any atom is 0.166 e. The molecule has 0 amide bonds. The number of rotatable bonds is 1. The number of halogens is 6. The molecule has 2 rings (SSSR count). The van der Waals surface area contributed by atoms with E-state index in [2.05, 4.69) is 0 Å². The van der Waals surface area contributed by atoms with E-state index in [1.165, 1.54) is 0 Å². The predicted molar refractivity (Wildman–Crippen MR) is 65.5 cm³/mol. The first-order valence-corrected chi connectivity index (χ1v) is 6.43. The normalized spacial score (nSPS) is 47.8. The Labute approximate surface area is 117 Å². The van der Waals surface area contributed by atoms with Gasteiger partial charge in [-0.15, -0.1) is 23.2 Å². The van der Waals surface area contributed by atoms with Crippen LogP contribution in [0.1, 0.15) is 6.42 Å². The molecule has 2 aliphatic carbocycles. The molecule has 1 saturated carbocycles. The highest BCUT2D eigenvalue weighted by atomic mass is 35.5. The first-order chi connectivity index (χ1) is 6.73. The summed E-state index contributed by atoms with van der Waals surface area (Å²) in [6.45, 7) is -0.195. The van der Waals surface area contributed by atoms with E-state index in [-0.39, 0.29) is 16.7 Å². The zero-order chi connectivity index (χ0) is 11.6. The second kappa shape index (κ2) is 3.47. The SMILES string of the molecule is OCC1CC2(Cl)C(Cl)=C(Cl)C1(Cl)C2(Cl)Cl. The van der Waals surface area contributed by atoms with E-state index >= 15 is 0 Å². The van der Waals surface area contributed by atoms with Gasteiger partial charge >= 0.3 is 0 Å². The van der Waals surface area contributed by atoms with Crippen molar-refractivity contribution in [1.29, 1.82) is 0 Å². The van der Waals surface area contributed by atoms with E-state index in [4.69, 9.17) is 69.6 Å². The molecule has 15 heavy (non-hydrogen) atoms. The third-order valence-corrected chi connectivity index (χ3v) is 7.45. The molecule has 0 radical (unpaired) electrons. The summed E-state index contributed by atoms with van der Waals surface area (Å²) in [6.07, 6.45) is 0.302. The lowest BCUT2D eigenvalue weighted by molar-refractivity contribution is 0.212. The minimum atomic E-state index is -1.51. The first kappa shape index (κ1) is 12.9. The summed E-state index contributed by atoms with van der Waals surface area (Å²) in [5.74, 6) is -0.401. The highest BCUT2D eigenvalue weighted by Gasteiger charge is 2.78. The second-order valence-corrected chi connectivity index (χ2v) is 7.12. The Morgan fingerprint density at radius 2 is 1.67 bits per heavy atom. The predicted octanol–water partition coefficient (Wildman–Crippen LogP) is 3.83. The van der Waals surface area contributed by atoms with Crippen molar-refractivity contribution in [2.24, 2.45) is 5.92 Å². The Bertz CT molecular complexity index is 353. The van der Waals surface area contributed by atoms with Crippen LogP contribution >= 0.6 is 69.6 Å². The lowest BCUT2D eigenvalue weighted by Gasteiger charge is -2.33. The van der Waals surface area contributed by atoms with Gasteiger partial charge in [-0.2, -0.15) is 0 Å². The van der Waals surface area contributed by atoms with Crippen molar-refractivity contribution in [2.75, 3.05) is 6.61 Å². The topological polar surface area (TPSA) is 20.2 Å². The van der Waals surface area contributed by atoms with Gasteiger partial charge in [0.15, 0.2) is 4.33 Å². The van der Waals surface area contributed by atoms with E-state index in [1.807, 2.05) is 0 Å². The van der Waals surface area contributed by atoms with Gasteiger partial charge in [0, 0.05) is 12.5 Å². The molecule has 3 unspecified atom stereocenters. The minimum absolute atomic E-state index is 0.135. The quantitative estimate of drug-likeness (QED) is 0.724. The van der Waals surface area contributed by atoms with Crippen molar-refractivity contribution in [3.05, 3.63) is 10.1 Å². The summed E-state index contributed by atoms with van der Waals surface area (Å²) in [6, 6.07) is 0. The molecule has 0 saturated heterocycles. The molecule has 0 aliphatic heterocycles. The molecule has 2 aliphatic rings.